The van der Waals surface area contributed by atoms with Crippen molar-refractivity contribution in [3.05, 3.63) is 66.0 Å². The predicted molar refractivity (Wildman–Crippen MR) is 118 cm³/mol. The molecule has 29 heavy (non-hydrogen) atoms. The predicted octanol–water partition coefficient (Wildman–Crippen LogP) is 3.73. The Morgan fingerprint density at radius 3 is 2.41 bits per heavy atom. The smallest absolute Gasteiger partial charge is 0.243 e. The molecule has 0 aliphatic carbocycles. The molecule has 2 heterocycles. The van der Waals surface area contributed by atoms with Crippen molar-refractivity contribution in [3.63, 3.8) is 0 Å². The summed E-state index contributed by atoms with van der Waals surface area (Å²) in [7, 11) is -3.69. The maximum atomic E-state index is 13.4. The number of benzene rings is 2. The van der Waals surface area contributed by atoms with Gasteiger partial charge >= 0.3 is 0 Å². The fourth-order valence-electron chi connectivity index (χ4n) is 3.58. The lowest BCUT2D eigenvalue weighted by Crippen LogP contribution is -2.32. The van der Waals surface area contributed by atoms with E-state index in [-0.39, 0.29) is 10.1 Å². The van der Waals surface area contributed by atoms with E-state index in [2.05, 4.69) is 22.8 Å². The lowest BCUT2D eigenvalue weighted by atomic mass is 10.2. The first-order valence-electron chi connectivity index (χ1n) is 9.23. The highest BCUT2D eigenvalue weighted by Crippen LogP contribution is 2.39. The monoisotopic (exact) mass is 446 g/mol. The average Bonchev–Trinajstić information content (AvgIpc) is 3.32. The molecule has 0 bridgehead atoms. The van der Waals surface area contributed by atoms with Gasteiger partial charge in [-0.1, -0.05) is 47.7 Å². The van der Waals surface area contributed by atoms with Gasteiger partial charge in [0.1, 0.15) is 0 Å². The van der Waals surface area contributed by atoms with Crippen molar-refractivity contribution in [1.82, 2.24) is 19.1 Å². The van der Waals surface area contributed by atoms with Crippen LogP contribution >= 0.6 is 24.4 Å². The number of nitrogens with zero attached hydrogens (tertiary/aromatic N) is 4. The highest BCUT2D eigenvalue weighted by atomic mass is 32.2. The molecule has 0 spiro atoms. The summed E-state index contributed by atoms with van der Waals surface area (Å²) < 4.78 is 30.3. The van der Waals surface area contributed by atoms with E-state index in [0.717, 1.165) is 16.4 Å². The van der Waals surface area contributed by atoms with Crippen molar-refractivity contribution >= 4 is 34.4 Å². The molecule has 152 valence electrons. The van der Waals surface area contributed by atoms with Gasteiger partial charge in [0.25, 0.3) is 0 Å². The molecule has 0 unspecified atom stereocenters. The topological polar surface area (TPSA) is 68.1 Å². The molecule has 1 aliphatic heterocycles. The van der Waals surface area contributed by atoms with E-state index in [4.69, 9.17) is 0 Å². The van der Waals surface area contributed by atoms with E-state index in [0.29, 0.717) is 18.8 Å². The molecule has 0 amide bonds. The van der Waals surface area contributed by atoms with Gasteiger partial charge in [-0.3, -0.25) is 4.57 Å². The molecule has 1 aromatic heterocycles. The fourth-order valence-corrected chi connectivity index (χ4v) is 6.21. The molecule has 3 aromatic rings. The summed E-state index contributed by atoms with van der Waals surface area (Å²) in [5, 5.41) is 9.37. The van der Waals surface area contributed by atoms with Gasteiger partial charge in [0, 0.05) is 17.5 Å². The standard InChI is InChI=1S/C20H22N4O2S3/c1-14-8-10-17(11-9-14)29(25,26)23-13-16(27)12-18(23)19-21-22-20(28-2)24(19)15-6-4-3-5-7-15/h3-11,16,18,27H,12-13H2,1-2H3/t16-,18+/m1/s1. The zero-order valence-corrected chi connectivity index (χ0v) is 18.7. The van der Waals surface area contributed by atoms with Crippen LogP contribution in [-0.4, -0.2) is 45.5 Å². The van der Waals surface area contributed by atoms with E-state index < -0.39 is 16.1 Å². The lowest BCUT2D eigenvalue weighted by molar-refractivity contribution is 0.379. The second-order valence-corrected chi connectivity index (χ2v) is 10.4. The van der Waals surface area contributed by atoms with Gasteiger partial charge in [0.15, 0.2) is 11.0 Å². The zero-order chi connectivity index (χ0) is 20.6. The third kappa shape index (κ3) is 3.84. The van der Waals surface area contributed by atoms with E-state index in [1.54, 1.807) is 12.1 Å². The summed E-state index contributed by atoms with van der Waals surface area (Å²) in [6.07, 6.45) is 2.51. The Labute approximate surface area is 180 Å². The van der Waals surface area contributed by atoms with E-state index >= 15 is 0 Å². The van der Waals surface area contributed by atoms with Crippen molar-refractivity contribution in [2.45, 2.75) is 34.7 Å². The number of rotatable bonds is 5. The third-order valence-corrected chi connectivity index (χ3v) is 7.91. The largest absolute Gasteiger partial charge is 0.273 e. The molecule has 0 N–H and O–H groups in total. The Kier molecular flexibility index (Phi) is 5.74. The van der Waals surface area contributed by atoms with Crippen LogP contribution < -0.4 is 0 Å². The summed E-state index contributed by atoms with van der Waals surface area (Å²) >= 11 is 6.08. The molecule has 1 fully saturated rings. The summed E-state index contributed by atoms with van der Waals surface area (Å²) in [5.74, 6) is 0.618. The molecule has 2 aromatic carbocycles. The first-order valence-corrected chi connectivity index (χ1v) is 12.4. The maximum Gasteiger partial charge on any atom is 0.243 e. The number of aromatic nitrogens is 3. The number of thiol groups is 1. The molecular formula is C20H22N4O2S3. The molecule has 1 aliphatic rings. The number of para-hydroxylation sites is 1. The lowest BCUT2D eigenvalue weighted by Gasteiger charge is -2.24. The van der Waals surface area contributed by atoms with E-state index in [9.17, 15) is 8.42 Å². The van der Waals surface area contributed by atoms with Crippen LogP contribution in [0.2, 0.25) is 0 Å². The number of hydrogen-bond acceptors (Lipinski definition) is 6. The van der Waals surface area contributed by atoms with Crippen LogP contribution in [0.15, 0.2) is 64.6 Å². The normalized spacial score (nSPS) is 20.2. The van der Waals surface area contributed by atoms with E-state index in [1.807, 2.05) is 60.2 Å². The summed E-state index contributed by atoms with van der Waals surface area (Å²) in [6, 6.07) is 16.3. The molecule has 9 heteroatoms. The first kappa shape index (κ1) is 20.5. The average molecular weight is 447 g/mol. The fraction of sp³-hybridized carbons (Fsp3) is 0.300. The SMILES string of the molecule is CSc1nnc([C@@H]2C[C@@H](S)CN2S(=O)(=O)c2ccc(C)cc2)n1-c1ccccc1. The maximum absolute atomic E-state index is 13.4. The molecule has 1 saturated heterocycles. The quantitative estimate of drug-likeness (QED) is 0.478. The molecule has 0 radical (unpaired) electrons. The summed E-state index contributed by atoms with van der Waals surface area (Å²) in [5.41, 5.74) is 1.93. The zero-order valence-electron chi connectivity index (χ0n) is 16.1. The first-order chi connectivity index (χ1) is 13.9. The van der Waals surface area contributed by atoms with Crippen LogP contribution in [0.25, 0.3) is 5.69 Å². The molecule has 2 atom stereocenters. The molecule has 6 nitrogen and oxygen atoms in total. The van der Waals surface area contributed by atoms with Gasteiger partial charge in [-0.15, -0.1) is 10.2 Å². The second kappa shape index (κ2) is 8.14. The Morgan fingerprint density at radius 2 is 1.76 bits per heavy atom. The highest BCUT2D eigenvalue weighted by Gasteiger charge is 2.42. The van der Waals surface area contributed by atoms with Crippen LogP contribution in [0.1, 0.15) is 23.9 Å². The van der Waals surface area contributed by atoms with Crippen molar-refractivity contribution in [2.75, 3.05) is 12.8 Å². The summed E-state index contributed by atoms with van der Waals surface area (Å²) in [6.45, 7) is 2.27. The van der Waals surface area contributed by atoms with Crippen LogP contribution in [0.4, 0.5) is 0 Å². The van der Waals surface area contributed by atoms with Gasteiger partial charge in [-0.05, 0) is 43.9 Å². The van der Waals surface area contributed by atoms with Crippen molar-refractivity contribution in [1.29, 1.82) is 0 Å². The second-order valence-electron chi connectivity index (χ2n) is 7.01. The minimum atomic E-state index is -3.69. The Morgan fingerprint density at radius 1 is 1.07 bits per heavy atom. The molecule has 0 saturated carbocycles. The minimum absolute atomic E-state index is 0.0705. The van der Waals surface area contributed by atoms with E-state index in [1.165, 1.54) is 16.1 Å². The van der Waals surface area contributed by atoms with Crippen molar-refractivity contribution in [3.8, 4) is 5.69 Å². The molecular weight excluding hydrogens is 424 g/mol. The summed E-state index contributed by atoms with van der Waals surface area (Å²) in [4.78, 5) is 0.284. The van der Waals surface area contributed by atoms with Crippen LogP contribution in [0.3, 0.4) is 0 Å². The number of thioether (sulfide) groups is 1. The van der Waals surface area contributed by atoms with Crippen molar-refractivity contribution < 1.29 is 8.42 Å². The minimum Gasteiger partial charge on any atom is -0.273 e. The van der Waals surface area contributed by atoms with Crippen LogP contribution in [0, 0.1) is 6.92 Å². The van der Waals surface area contributed by atoms with Gasteiger partial charge < -0.3 is 0 Å². The van der Waals surface area contributed by atoms with Crippen molar-refractivity contribution in [2.24, 2.45) is 0 Å². The number of hydrogen-bond donors (Lipinski definition) is 1. The number of aryl methyl sites for hydroxylation is 1. The van der Waals surface area contributed by atoms with Gasteiger partial charge in [0.05, 0.1) is 10.9 Å². The Bertz CT molecular complexity index is 1100. The van der Waals surface area contributed by atoms with Gasteiger partial charge in [-0.25, -0.2) is 8.42 Å². The Hall–Kier alpha value is -1.81. The highest BCUT2D eigenvalue weighted by molar-refractivity contribution is 7.98. The van der Waals surface area contributed by atoms with Crippen LogP contribution in [0.5, 0.6) is 0 Å². The Balaban J connectivity index is 1.80. The van der Waals surface area contributed by atoms with Gasteiger partial charge in [0.2, 0.25) is 10.0 Å². The molecule has 4 rings (SSSR count). The number of sulfonamides is 1. The third-order valence-electron chi connectivity index (χ3n) is 5.01. The van der Waals surface area contributed by atoms with Crippen LogP contribution in [-0.2, 0) is 10.0 Å². The van der Waals surface area contributed by atoms with Gasteiger partial charge in [-0.2, -0.15) is 16.9 Å².